The Balaban J connectivity index is 2.33. The molecular weight excluding hydrogens is 223 g/mol. The summed E-state index contributed by atoms with van der Waals surface area (Å²) in [5.74, 6) is 0. The summed E-state index contributed by atoms with van der Waals surface area (Å²) in [6, 6.07) is 0. The van der Waals surface area contributed by atoms with Gasteiger partial charge in [0, 0.05) is 6.42 Å². The van der Waals surface area contributed by atoms with Crippen LogP contribution in [0.2, 0.25) is 0 Å². The van der Waals surface area contributed by atoms with Gasteiger partial charge in [-0.1, -0.05) is 0 Å². The molecule has 0 aromatic rings. The van der Waals surface area contributed by atoms with E-state index in [1.54, 1.807) is 22.6 Å². The van der Waals surface area contributed by atoms with Crippen molar-refractivity contribution in [2.24, 2.45) is 0 Å². The van der Waals surface area contributed by atoms with Gasteiger partial charge in [-0.15, -0.1) is 0 Å². The minimum atomic E-state index is -1.07. The van der Waals surface area contributed by atoms with Gasteiger partial charge in [-0.2, -0.15) is 4.89 Å². The summed E-state index contributed by atoms with van der Waals surface area (Å²) in [5, 5.41) is 9.01. The highest BCUT2D eigenvalue weighted by molar-refractivity contribution is 14.1. The first-order valence-electron chi connectivity index (χ1n) is 2.43. The molecule has 0 aromatic heterocycles. The number of alkyl halides is 1. The topological polar surface area (TPSA) is 38.7 Å². The van der Waals surface area contributed by atoms with Crippen molar-refractivity contribution in [3.63, 3.8) is 0 Å². The molecule has 0 spiro atoms. The molecule has 0 amide bonds. The maximum atomic E-state index is 9.01. The fraction of sp³-hybridized carbons (Fsp3) is 1.00. The van der Waals surface area contributed by atoms with Gasteiger partial charge in [-0.25, -0.2) is 4.89 Å². The maximum absolute atomic E-state index is 9.01. The van der Waals surface area contributed by atoms with Crippen LogP contribution in [0.4, 0.5) is 0 Å². The van der Waals surface area contributed by atoms with Gasteiger partial charge in [0.1, 0.15) is 0 Å². The molecule has 0 radical (unpaired) electrons. The molecule has 0 saturated carbocycles. The van der Waals surface area contributed by atoms with Crippen LogP contribution in [-0.2, 0) is 9.78 Å². The van der Waals surface area contributed by atoms with Crippen LogP contribution in [0.3, 0.4) is 0 Å². The van der Waals surface area contributed by atoms with Crippen LogP contribution in [0.25, 0.3) is 0 Å². The molecule has 1 fully saturated rings. The second-order valence-corrected chi connectivity index (χ2v) is 3.38. The molecule has 1 aliphatic rings. The van der Waals surface area contributed by atoms with Gasteiger partial charge in [0.05, 0.1) is 6.61 Å². The summed E-state index contributed by atoms with van der Waals surface area (Å²) in [4.78, 5) is 9.03. The largest absolute Gasteiger partial charge is 0.356 e. The van der Waals surface area contributed by atoms with Crippen molar-refractivity contribution < 1.29 is 14.9 Å². The van der Waals surface area contributed by atoms with E-state index in [2.05, 4.69) is 9.78 Å². The van der Waals surface area contributed by atoms with Crippen LogP contribution in [0.5, 0.6) is 0 Å². The molecule has 4 heteroatoms. The van der Waals surface area contributed by atoms with Crippen molar-refractivity contribution in [3.05, 3.63) is 0 Å². The Hall–Kier alpha value is 0.610. The van der Waals surface area contributed by atoms with Crippen molar-refractivity contribution in [2.45, 2.75) is 16.6 Å². The minimum Gasteiger partial charge on any atom is -0.356 e. The lowest BCUT2D eigenvalue weighted by atomic mass is 10.3. The van der Waals surface area contributed by atoms with Gasteiger partial charge in [-0.3, -0.25) is 0 Å². The van der Waals surface area contributed by atoms with Gasteiger partial charge in [0.25, 0.3) is 0 Å². The van der Waals surface area contributed by atoms with Gasteiger partial charge in [0.2, 0.25) is 3.79 Å². The van der Waals surface area contributed by atoms with E-state index in [4.69, 9.17) is 5.11 Å². The molecule has 1 N–H and O–H groups in total. The molecule has 1 unspecified atom stereocenters. The zero-order valence-electron chi connectivity index (χ0n) is 4.26. The van der Waals surface area contributed by atoms with Crippen LogP contribution in [0.1, 0.15) is 12.8 Å². The second-order valence-electron chi connectivity index (χ2n) is 1.70. The molecular formula is C4H7IO3. The van der Waals surface area contributed by atoms with Crippen molar-refractivity contribution >= 4 is 22.6 Å². The third-order valence-electron chi connectivity index (χ3n) is 0.899. The lowest BCUT2D eigenvalue weighted by Crippen LogP contribution is -2.29. The SMILES string of the molecule is OC1(I)CCCOO1. The standard InChI is InChI=1S/C4H7IO3/c5-4(6)2-1-3-7-8-4/h6H,1-3H2. The van der Waals surface area contributed by atoms with Crippen LogP contribution in [0.15, 0.2) is 0 Å². The van der Waals surface area contributed by atoms with Crippen LogP contribution in [0, 0.1) is 0 Å². The average molecular weight is 230 g/mol. The Morgan fingerprint density at radius 2 is 2.38 bits per heavy atom. The average Bonchev–Trinajstić information content (AvgIpc) is 1.65. The molecule has 1 saturated heterocycles. The molecule has 1 atom stereocenters. The van der Waals surface area contributed by atoms with Gasteiger partial charge in [0.15, 0.2) is 0 Å². The summed E-state index contributed by atoms with van der Waals surface area (Å²) < 4.78 is -1.07. The molecule has 1 heterocycles. The summed E-state index contributed by atoms with van der Waals surface area (Å²) in [5.41, 5.74) is 0. The Kier molecular flexibility index (Phi) is 2.07. The summed E-state index contributed by atoms with van der Waals surface area (Å²) in [6.07, 6.45) is 1.51. The first-order valence-corrected chi connectivity index (χ1v) is 3.50. The summed E-state index contributed by atoms with van der Waals surface area (Å²) in [7, 11) is 0. The fourth-order valence-electron chi connectivity index (χ4n) is 0.523. The van der Waals surface area contributed by atoms with E-state index in [1.165, 1.54) is 0 Å². The minimum absolute atomic E-state index is 0.589. The molecule has 0 aliphatic carbocycles. The van der Waals surface area contributed by atoms with Crippen molar-refractivity contribution in [1.29, 1.82) is 0 Å². The number of hydrogen-bond donors (Lipinski definition) is 1. The van der Waals surface area contributed by atoms with Crippen LogP contribution in [-0.4, -0.2) is 15.5 Å². The first kappa shape index (κ1) is 6.73. The van der Waals surface area contributed by atoms with E-state index in [-0.39, 0.29) is 0 Å². The molecule has 48 valence electrons. The number of halogens is 1. The Bertz CT molecular complexity index is 75.4. The van der Waals surface area contributed by atoms with Crippen molar-refractivity contribution in [2.75, 3.05) is 6.61 Å². The zero-order valence-corrected chi connectivity index (χ0v) is 6.42. The third kappa shape index (κ3) is 1.85. The smallest absolute Gasteiger partial charge is 0.250 e. The highest BCUT2D eigenvalue weighted by Gasteiger charge is 2.27. The van der Waals surface area contributed by atoms with E-state index in [9.17, 15) is 0 Å². The van der Waals surface area contributed by atoms with Crippen LogP contribution >= 0.6 is 22.6 Å². The zero-order chi connectivity index (χ0) is 6.04. The first-order chi connectivity index (χ1) is 3.71. The van der Waals surface area contributed by atoms with Gasteiger partial charge >= 0.3 is 0 Å². The van der Waals surface area contributed by atoms with Gasteiger partial charge < -0.3 is 5.11 Å². The predicted molar refractivity (Wildman–Crippen MR) is 35.2 cm³/mol. The lowest BCUT2D eigenvalue weighted by molar-refractivity contribution is -0.397. The van der Waals surface area contributed by atoms with Crippen LogP contribution < -0.4 is 0 Å². The van der Waals surface area contributed by atoms with E-state index in [0.717, 1.165) is 6.42 Å². The molecule has 1 rings (SSSR count). The van der Waals surface area contributed by atoms with Crippen molar-refractivity contribution in [3.8, 4) is 0 Å². The third-order valence-corrected chi connectivity index (χ3v) is 1.62. The Morgan fingerprint density at radius 3 is 2.62 bits per heavy atom. The van der Waals surface area contributed by atoms with E-state index < -0.39 is 3.79 Å². The quantitative estimate of drug-likeness (QED) is 0.380. The highest BCUT2D eigenvalue weighted by Crippen LogP contribution is 2.26. The van der Waals surface area contributed by atoms with E-state index >= 15 is 0 Å². The van der Waals surface area contributed by atoms with E-state index in [1.807, 2.05) is 0 Å². The highest BCUT2D eigenvalue weighted by atomic mass is 127. The number of aliphatic hydroxyl groups is 1. The monoisotopic (exact) mass is 230 g/mol. The summed E-state index contributed by atoms with van der Waals surface area (Å²) >= 11 is 1.80. The van der Waals surface area contributed by atoms with Crippen molar-refractivity contribution in [1.82, 2.24) is 0 Å². The molecule has 0 aromatic carbocycles. The normalized spacial score (nSPS) is 39.8. The van der Waals surface area contributed by atoms with Gasteiger partial charge in [-0.05, 0) is 29.0 Å². The second kappa shape index (κ2) is 2.47. The molecule has 1 aliphatic heterocycles. The van der Waals surface area contributed by atoms with E-state index in [0.29, 0.717) is 13.0 Å². The maximum Gasteiger partial charge on any atom is 0.250 e. The molecule has 8 heavy (non-hydrogen) atoms. The fourth-order valence-corrected chi connectivity index (χ4v) is 1.03. The Labute approximate surface area is 61.0 Å². The predicted octanol–water partition coefficient (Wildman–Crippen LogP) is 0.810. The number of hydrogen-bond acceptors (Lipinski definition) is 3. The Morgan fingerprint density at radius 1 is 1.62 bits per heavy atom. The number of rotatable bonds is 0. The lowest BCUT2D eigenvalue weighted by Gasteiger charge is -2.23. The summed E-state index contributed by atoms with van der Waals surface area (Å²) in [6.45, 7) is 0.589. The molecule has 0 bridgehead atoms. The molecule has 3 nitrogen and oxygen atoms in total.